The fraction of sp³-hybridized carbons (Fsp3) is 0.500. The van der Waals surface area contributed by atoms with E-state index in [0.717, 1.165) is 6.42 Å². The molecule has 1 aromatic rings. The molecule has 0 radical (unpaired) electrons. The first kappa shape index (κ1) is 14.0. The van der Waals surface area contributed by atoms with Gasteiger partial charge in [0.05, 0.1) is 11.6 Å². The number of aromatic nitrogens is 1. The SMILES string of the molecule is CC1OCCC1(C)NC(=O)c1cc(Cl)nc(NN)c1. The van der Waals surface area contributed by atoms with Gasteiger partial charge in [-0.2, -0.15) is 0 Å². The van der Waals surface area contributed by atoms with Gasteiger partial charge in [0.2, 0.25) is 0 Å². The van der Waals surface area contributed by atoms with Crippen LogP contribution in [0.3, 0.4) is 0 Å². The second-order valence-corrected chi connectivity index (χ2v) is 5.23. The molecule has 1 saturated heterocycles. The molecule has 1 amide bonds. The van der Waals surface area contributed by atoms with E-state index in [-0.39, 0.29) is 22.7 Å². The zero-order valence-corrected chi connectivity index (χ0v) is 11.6. The predicted octanol–water partition coefficient (Wildman–Crippen LogP) is 1.32. The number of rotatable bonds is 3. The average molecular weight is 285 g/mol. The Labute approximate surface area is 116 Å². The number of nitrogens with one attached hydrogen (secondary N) is 2. The number of anilines is 1. The monoisotopic (exact) mass is 284 g/mol. The molecule has 1 aliphatic rings. The highest BCUT2D eigenvalue weighted by molar-refractivity contribution is 6.29. The average Bonchev–Trinajstić information content (AvgIpc) is 2.68. The van der Waals surface area contributed by atoms with E-state index in [0.29, 0.717) is 18.0 Å². The molecule has 104 valence electrons. The molecule has 0 aromatic carbocycles. The van der Waals surface area contributed by atoms with Gasteiger partial charge in [-0.05, 0) is 32.4 Å². The number of nitrogen functional groups attached to an aromatic ring is 1. The van der Waals surface area contributed by atoms with Gasteiger partial charge in [0.15, 0.2) is 0 Å². The number of carbonyl (C=O) groups excluding carboxylic acids is 1. The van der Waals surface area contributed by atoms with Crippen LogP contribution in [0, 0.1) is 0 Å². The van der Waals surface area contributed by atoms with Gasteiger partial charge in [-0.25, -0.2) is 10.8 Å². The van der Waals surface area contributed by atoms with Gasteiger partial charge in [0, 0.05) is 12.2 Å². The number of carbonyl (C=O) groups is 1. The van der Waals surface area contributed by atoms with E-state index in [1.54, 1.807) is 6.07 Å². The number of amides is 1. The van der Waals surface area contributed by atoms with Gasteiger partial charge in [0.1, 0.15) is 11.0 Å². The number of hydrogen-bond donors (Lipinski definition) is 3. The van der Waals surface area contributed by atoms with Gasteiger partial charge in [-0.1, -0.05) is 11.6 Å². The lowest BCUT2D eigenvalue weighted by molar-refractivity contribution is 0.0727. The number of ether oxygens (including phenoxy) is 1. The van der Waals surface area contributed by atoms with E-state index >= 15 is 0 Å². The molecule has 2 unspecified atom stereocenters. The third kappa shape index (κ3) is 2.97. The highest BCUT2D eigenvalue weighted by atomic mass is 35.5. The Bertz CT molecular complexity index is 497. The molecule has 0 spiro atoms. The zero-order chi connectivity index (χ0) is 14.0. The van der Waals surface area contributed by atoms with Crippen LogP contribution < -0.4 is 16.6 Å². The van der Waals surface area contributed by atoms with Crippen molar-refractivity contribution in [2.45, 2.75) is 31.9 Å². The summed E-state index contributed by atoms with van der Waals surface area (Å²) < 4.78 is 5.49. The number of halogens is 1. The molecular weight excluding hydrogens is 268 g/mol. The Morgan fingerprint density at radius 2 is 2.37 bits per heavy atom. The van der Waals surface area contributed by atoms with Crippen molar-refractivity contribution in [2.24, 2.45) is 5.84 Å². The smallest absolute Gasteiger partial charge is 0.252 e. The Balaban J connectivity index is 2.18. The number of nitrogens with zero attached hydrogens (tertiary/aromatic N) is 1. The van der Waals surface area contributed by atoms with Crippen molar-refractivity contribution < 1.29 is 9.53 Å². The third-order valence-electron chi connectivity index (χ3n) is 3.49. The Kier molecular flexibility index (Phi) is 3.93. The highest BCUT2D eigenvalue weighted by Gasteiger charge is 2.38. The highest BCUT2D eigenvalue weighted by Crippen LogP contribution is 2.26. The quantitative estimate of drug-likeness (QED) is 0.442. The summed E-state index contributed by atoms with van der Waals surface area (Å²) in [6.45, 7) is 4.55. The fourth-order valence-electron chi connectivity index (χ4n) is 2.03. The Morgan fingerprint density at radius 1 is 1.63 bits per heavy atom. The molecule has 0 bridgehead atoms. The van der Waals surface area contributed by atoms with Crippen molar-refractivity contribution in [3.63, 3.8) is 0 Å². The largest absolute Gasteiger partial charge is 0.376 e. The zero-order valence-electron chi connectivity index (χ0n) is 10.9. The molecule has 1 aromatic heterocycles. The molecule has 0 aliphatic carbocycles. The molecule has 1 aliphatic heterocycles. The summed E-state index contributed by atoms with van der Waals surface area (Å²) in [6, 6.07) is 3.05. The molecule has 2 heterocycles. The van der Waals surface area contributed by atoms with Gasteiger partial charge in [-0.15, -0.1) is 0 Å². The van der Waals surface area contributed by atoms with Crippen molar-refractivity contribution in [3.05, 3.63) is 22.8 Å². The fourth-order valence-corrected chi connectivity index (χ4v) is 2.24. The lowest BCUT2D eigenvalue weighted by atomic mass is 9.94. The Morgan fingerprint density at radius 3 is 2.95 bits per heavy atom. The van der Waals surface area contributed by atoms with Crippen LogP contribution in [0.5, 0.6) is 0 Å². The minimum absolute atomic E-state index is 0.0270. The maximum Gasteiger partial charge on any atom is 0.252 e. The maximum atomic E-state index is 12.3. The molecule has 4 N–H and O–H groups in total. The second-order valence-electron chi connectivity index (χ2n) is 4.84. The van der Waals surface area contributed by atoms with Crippen LogP contribution in [0.4, 0.5) is 5.82 Å². The van der Waals surface area contributed by atoms with E-state index in [2.05, 4.69) is 15.7 Å². The van der Waals surface area contributed by atoms with Crippen LogP contribution in [-0.2, 0) is 4.74 Å². The van der Waals surface area contributed by atoms with Gasteiger partial charge >= 0.3 is 0 Å². The topological polar surface area (TPSA) is 89.3 Å². The molecule has 1 fully saturated rings. The summed E-state index contributed by atoms with van der Waals surface area (Å²) in [4.78, 5) is 16.2. The van der Waals surface area contributed by atoms with Gasteiger partial charge in [-0.3, -0.25) is 4.79 Å². The van der Waals surface area contributed by atoms with Crippen LogP contribution in [0.15, 0.2) is 12.1 Å². The summed E-state index contributed by atoms with van der Waals surface area (Å²) in [5.74, 6) is 5.40. The minimum atomic E-state index is -0.372. The summed E-state index contributed by atoms with van der Waals surface area (Å²) >= 11 is 5.84. The predicted molar refractivity (Wildman–Crippen MR) is 73.0 cm³/mol. The summed E-state index contributed by atoms with van der Waals surface area (Å²) in [5, 5.41) is 3.19. The normalized spacial score (nSPS) is 26.2. The molecular formula is C12H17ClN4O2. The lowest BCUT2D eigenvalue weighted by Crippen LogP contribution is -2.50. The van der Waals surface area contributed by atoms with E-state index < -0.39 is 0 Å². The maximum absolute atomic E-state index is 12.3. The molecule has 0 saturated carbocycles. The van der Waals surface area contributed by atoms with Gasteiger partial charge < -0.3 is 15.5 Å². The summed E-state index contributed by atoms with van der Waals surface area (Å²) in [5.41, 5.74) is 2.41. The number of pyridine rings is 1. The first-order chi connectivity index (χ1) is 8.94. The molecule has 6 nitrogen and oxygen atoms in total. The van der Waals surface area contributed by atoms with Gasteiger partial charge in [0.25, 0.3) is 5.91 Å². The van der Waals surface area contributed by atoms with Crippen molar-refractivity contribution in [2.75, 3.05) is 12.0 Å². The van der Waals surface area contributed by atoms with Crippen LogP contribution >= 0.6 is 11.6 Å². The van der Waals surface area contributed by atoms with Crippen molar-refractivity contribution >= 4 is 23.3 Å². The van der Waals surface area contributed by atoms with Crippen LogP contribution in [0.2, 0.25) is 5.15 Å². The van der Waals surface area contributed by atoms with Crippen molar-refractivity contribution in [3.8, 4) is 0 Å². The van der Waals surface area contributed by atoms with Crippen LogP contribution in [0.25, 0.3) is 0 Å². The first-order valence-corrected chi connectivity index (χ1v) is 6.41. The first-order valence-electron chi connectivity index (χ1n) is 6.03. The minimum Gasteiger partial charge on any atom is -0.376 e. The molecule has 2 atom stereocenters. The lowest BCUT2D eigenvalue weighted by Gasteiger charge is -2.28. The van der Waals surface area contributed by atoms with Crippen molar-refractivity contribution in [1.29, 1.82) is 0 Å². The summed E-state index contributed by atoms with van der Waals surface area (Å²) in [7, 11) is 0. The number of nitrogens with two attached hydrogens (primary N) is 1. The van der Waals surface area contributed by atoms with E-state index in [9.17, 15) is 4.79 Å². The van der Waals surface area contributed by atoms with E-state index in [4.69, 9.17) is 22.2 Å². The van der Waals surface area contributed by atoms with Crippen LogP contribution in [-0.4, -0.2) is 29.1 Å². The van der Waals surface area contributed by atoms with E-state index in [1.807, 2.05) is 13.8 Å². The standard InChI is InChI=1S/C12H17ClN4O2/c1-7-12(2,3-4-19-7)16-11(18)8-5-9(13)15-10(6-8)17-14/h5-7H,3-4,14H2,1-2H3,(H,15,17)(H,16,18). The number of hydrogen-bond acceptors (Lipinski definition) is 5. The number of hydrazine groups is 1. The molecule has 2 rings (SSSR count). The molecule has 7 heteroatoms. The third-order valence-corrected chi connectivity index (χ3v) is 3.68. The van der Waals surface area contributed by atoms with Crippen LogP contribution in [0.1, 0.15) is 30.6 Å². The van der Waals surface area contributed by atoms with E-state index in [1.165, 1.54) is 6.07 Å². The Hall–Kier alpha value is -1.37. The van der Waals surface area contributed by atoms with Crippen molar-refractivity contribution in [1.82, 2.24) is 10.3 Å². The second kappa shape index (κ2) is 5.32. The summed E-state index contributed by atoms with van der Waals surface area (Å²) in [6.07, 6.45) is 0.752. The molecule has 19 heavy (non-hydrogen) atoms.